The van der Waals surface area contributed by atoms with E-state index in [4.69, 9.17) is 14.2 Å². The maximum absolute atomic E-state index is 11.2. The first-order chi connectivity index (χ1) is 11.8. The van der Waals surface area contributed by atoms with E-state index in [1.165, 1.54) is 0 Å². The zero-order valence-corrected chi connectivity index (χ0v) is 13.8. The van der Waals surface area contributed by atoms with Crippen molar-refractivity contribution in [2.75, 3.05) is 6.61 Å². The van der Waals surface area contributed by atoms with Gasteiger partial charge in [-0.1, -0.05) is 6.92 Å². The van der Waals surface area contributed by atoms with Crippen LogP contribution in [-0.4, -0.2) is 81.0 Å². The quantitative estimate of drug-likeness (QED) is 0.360. The molecule has 0 aromatic heterocycles. The molecular formula is C16H24O9. The summed E-state index contributed by atoms with van der Waals surface area (Å²) in [5.74, 6) is -0.589. The lowest BCUT2D eigenvalue weighted by molar-refractivity contribution is -0.346. The summed E-state index contributed by atoms with van der Waals surface area (Å²) >= 11 is 0. The van der Waals surface area contributed by atoms with Gasteiger partial charge in [-0.15, -0.1) is 0 Å². The molecule has 2 heterocycles. The zero-order valence-electron chi connectivity index (χ0n) is 13.8. The first-order valence-electron chi connectivity index (χ1n) is 8.33. The second kappa shape index (κ2) is 6.92. The number of carbonyl (C=O) groups is 1. The van der Waals surface area contributed by atoms with Crippen molar-refractivity contribution in [1.82, 2.24) is 0 Å². The van der Waals surface area contributed by atoms with Crippen LogP contribution < -0.4 is 0 Å². The summed E-state index contributed by atoms with van der Waals surface area (Å²) in [7, 11) is 0. The fourth-order valence-corrected chi connectivity index (χ4v) is 3.98. The van der Waals surface area contributed by atoms with Crippen LogP contribution in [0.3, 0.4) is 0 Å². The van der Waals surface area contributed by atoms with Crippen LogP contribution in [0.2, 0.25) is 0 Å². The largest absolute Gasteiger partial charge is 0.471 e. The summed E-state index contributed by atoms with van der Waals surface area (Å²) in [5, 5.41) is 49.9. The summed E-state index contributed by atoms with van der Waals surface area (Å²) in [6, 6.07) is 0. The van der Waals surface area contributed by atoms with E-state index in [0.717, 1.165) is 6.26 Å². The fourth-order valence-electron chi connectivity index (χ4n) is 3.98. The molecule has 0 amide bonds. The van der Waals surface area contributed by atoms with E-state index >= 15 is 0 Å². The van der Waals surface area contributed by atoms with Gasteiger partial charge in [-0.2, -0.15) is 0 Å². The van der Waals surface area contributed by atoms with Gasteiger partial charge in [0.25, 0.3) is 0 Å². The van der Waals surface area contributed by atoms with Crippen LogP contribution in [0.4, 0.5) is 0 Å². The summed E-state index contributed by atoms with van der Waals surface area (Å²) < 4.78 is 16.4. The number of aliphatic hydroxyl groups is 5. The summed E-state index contributed by atoms with van der Waals surface area (Å²) in [6.45, 7) is 1.32. The minimum absolute atomic E-state index is 0.0245. The highest BCUT2D eigenvalue weighted by atomic mass is 16.8. The first kappa shape index (κ1) is 18.7. The van der Waals surface area contributed by atoms with Crippen molar-refractivity contribution in [2.45, 2.75) is 62.4 Å². The molecule has 9 heteroatoms. The van der Waals surface area contributed by atoms with Gasteiger partial charge in [0.15, 0.2) is 12.6 Å². The second-order valence-electron chi connectivity index (χ2n) is 6.99. The van der Waals surface area contributed by atoms with Crippen LogP contribution in [-0.2, 0) is 19.0 Å². The number of rotatable bonds is 4. The van der Waals surface area contributed by atoms with E-state index < -0.39 is 55.1 Å². The Morgan fingerprint density at radius 2 is 2.00 bits per heavy atom. The van der Waals surface area contributed by atoms with E-state index in [-0.39, 0.29) is 11.5 Å². The van der Waals surface area contributed by atoms with E-state index in [1.54, 1.807) is 0 Å². The highest BCUT2D eigenvalue weighted by molar-refractivity contribution is 5.76. The Morgan fingerprint density at radius 3 is 2.64 bits per heavy atom. The highest BCUT2D eigenvalue weighted by Crippen LogP contribution is 2.49. The molecule has 0 aromatic rings. The Bertz CT molecular complexity index is 536. The van der Waals surface area contributed by atoms with Gasteiger partial charge in [0.05, 0.1) is 24.4 Å². The summed E-state index contributed by atoms with van der Waals surface area (Å²) in [4.78, 5) is 11.2. The van der Waals surface area contributed by atoms with Crippen molar-refractivity contribution in [2.24, 2.45) is 11.8 Å². The van der Waals surface area contributed by atoms with Crippen molar-refractivity contribution in [3.63, 3.8) is 0 Å². The van der Waals surface area contributed by atoms with Gasteiger partial charge in [0.1, 0.15) is 30.0 Å². The van der Waals surface area contributed by atoms with Crippen LogP contribution in [0.25, 0.3) is 0 Å². The third-order valence-corrected chi connectivity index (χ3v) is 5.51. The molecule has 142 valence electrons. The third kappa shape index (κ3) is 2.99. The van der Waals surface area contributed by atoms with E-state index in [1.807, 2.05) is 6.92 Å². The Kier molecular flexibility index (Phi) is 5.18. The molecule has 3 rings (SSSR count). The lowest BCUT2D eigenvalue weighted by Crippen LogP contribution is -2.61. The Labute approximate surface area is 144 Å². The molecule has 0 radical (unpaired) electrons. The standard InChI is InChI=1S/C16H24O9/c1-7-2-3-16(22)8(4-17)6-23-14(10(7)16)25-15-13(21)12(20)11(19)9(5-18)24-15/h4,6-7,9-15,18-22H,2-3,5H2,1H3/t7-,9-,10+,11-,12+,13-,14+,15+,16+/m0/s1. The maximum atomic E-state index is 11.2. The molecule has 25 heavy (non-hydrogen) atoms. The number of aldehydes is 1. The lowest BCUT2D eigenvalue weighted by atomic mass is 9.80. The van der Waals surface area contributed by atoms with Gasteiger partial charge in [-0.3, -0.25) is 4.79 Å². The van der Waals surface area contributed by atoms with Gasteiger partial charge in [-0.25, -0.2) is 0 Å². The topological polar surface area (TPSA) is 146 Å². The molecule has 0 bridgehead atoms. The van der Waals surface area contributed by atoms with E-state index in [2.05, 4.69) is 0 Å². The monoisotopic (exact) mass is 360 g/mol. The van der Waals surface area contributed by atoms with Gasteiger partial charge in [-0.05, 0) is 18.8 Å². The molecule has 0 spiro atoms. The molecule has 3 aliphatic rings. The first-order valence-corrected chi connectivity index (χ1v) is 8.33. The second-order valence-corrected chi connectivity index (χ2v) is 6.99. The normalized spacial score (nSPS) is 49.9. The van der Waals surface area contributed by atoms with Crippen molar-refractivity contribution < 1.29 is 44.5 Å². The average Bonchev–Trinajstić information content (AvgIpc) is 2.91. The number of hydrogen-bond acceptors (Lipinski definition) is 9. The predicted molar refractivity (Wildman–Crippen MR) is 80.7 cm³/mol. The molecule has 0 unspecified atom stereocenters. The van der Waals surface area contributed by atoms with E-state index in [0.29, 0.717) is 19.1 Å². The summed E-state index contributed by atoms with van der Waals surface area (Å²) in [5.41, 5.74) is -1.26. The molecule has 2 fully saturated rings. The minimum Gasteiger partial charge on any atom is -0.471 e. The smallest absolute Gasteiger partial charge is 0.207 e. The Balaban J connectivity index is 1.80. The van der Waals surface area contributed by atoms with Crippen molar-refractivity contribution >= 4 is 6.29 Å². The molecular weight excluding hydrogens is 336 g/mol. The molecule has 1 saturated carbocycles. The predicted octanol–water partition coefficient (Wildman–Crippen LogP) is -1.98. The third-order valence-electron chi connectivity index (χ3n) is 5.51. The average molecular weight is 360 g/mol. The zero-order chi connectivity index (χ0) is 18.4. The SMILES string of the molecule is C[C@H]1CC[C@@]2(O)C(C=O)=CO[C@H](O[C@H]3O[C@@H](CO)[C@H](O)[C@@H](O)[C@@H]3O)[C@@H]12. The van der Waals surface area contributed by atoms with Crippen molar-refractivity contribution in [1.29, 1.82) is 0 Å². The highest BCUT2D eigenvalue weighted by Gasteiger charge is 2.56. The molecule has 9 atom stereocenters. The van der Waals surface area contributed by atoms with Crippen LogP contribution in [0.15, 0.2) is 11.8 Å². The van der Waals surface area contributed by atoms with Crippen LogP contribution >= 0.6 is 0 Å². The van der Waals surface area contributed by atoms with Crippen LogP contribution in [0.5, 0.6) is 0 Å². The van der Waals surface area contributed by atoms with Gasteiger partial charge < -0.3 is 39.7 Å². The molecule has 9 nitrogen and oxygen atoms in total. The van der Waals surface area contributed by atoms with Crippen molar-refractivity contribution in [3.05, 3.63) is 11.8 Å². The van der Waals surface area contributed by atoms with Gasteiger partial charge in [0.2, 0.25) is 6.29 Å². The van der Waals surface area contributed by atoms with Crippen molar-refractivity contribution in [3.8, 4) is 0 Å². The fraction of sp³-hybridized carbons (Fsp3) is 0.812. The summed E-state index contributed by atoms with van der Waals surface area (Å²) in [6.07, 6.45) is -5.40. The van der Waals surface area contributed by atoms with E-state index in [9.17, 15) is 30.3 Å². The molecule has 1 saturated heterocycles. The molecule has 1 aliphatic carbocycles. The number of fused-ring (bicyclic) bond motifs is 1. The minimum atomic E-state index is -1.57. The maximum Gasteiger partial charge on any atom is 0.207 e. The molecule has 2 aliphatic heterocycles. The number of ether oxygens (including phenoxy) is 3. The Morgan fingerprint density at radius 1 is 1.28 bits per heavy atom. The number of aliphatic hydroxyl groups excluding tert-OH is 4. The molecule has 0 aromatic carbocycles. The van der Waals surface area contributed by atoms with Crippen LogP contribution in [0, 0.1) is 11.8 Å². The Hall–Kier alpha value is -1.07. The van der Waals surface area contributed by atoms with Crippen LogP contribution in [0.1, 0.15) is 19.8 Å². The number of carbonyl (C=O) groups excluding carboxylic acids is 1. The lowest BCUT2D eigenvalue weighted by Gasteiger charge is -2.44. The van der Waals surface area contributed by atoms with Gasteiger partial charge in [0, 0.05) is 0 Å². The molecule has 5 N–H and O–H groups in total. The number of hydrogen-bond donors (Lipinski definition) is 5. The van der Waals surface area contributed by atoms with Gasteiger partial charge >= 0.3 is 0 Å².